The van der Waals surface area contributed by atoms with Gasteiger partial charge in [0.1, 0.15) is 11.5 Å². The lowest BCUT2D eigenvalue weighted by Crippen LogP contribution is -2.47. The number of alkyl halides is 3. The Kier molecular flexibility index (Phi) is 4.83. The number of benzene rings is 1. The van der Waals surface area contributed by atoms with Gasteiger partial charge in [0.05, 0.1) is 0 Å². The first-order chi connectivity index (χ1) is 12.9. The van der Waals surface area contributed by atoms with Gasteiger partial charge in [0.15, 0.2) is 29.1 Å². The lowest BCUT2D eigenvalue weighted by atomic mass is 10.2. The number of carbonyl (C=O) groups excluding carboxylic acids is 1. The van der Waals surface area contributed by atoms with Crippen LogP contribution in [0.25, 0.3) is 0 Å². The Balaban J connectivity index is 1.98. The molecule has 3 rings (SSSR count). The van der Waals surface area contributed by atoms with Crippen LogP contribution in [-0.2, 0) is 17.1 Å². The smallest absolute Gasteiger partial charge is 0.408 e. The average Bonchev–Trinajstić information content (AvgIpc) is 2.84. The van der Waals surface area contributed by atoms with Crippen LogP contribution >= 0.6 is 0 Å². The Morgan fingerprint density at radius 2 is 1.96 bits per heavy atom. The average molecular weight is 425 g/mol. The molecule has 2 heterocycles. The van der Waals surface area contributed by atoms with E-state index in [1.54, 1.807) is 0 Å². The Labute approximate surface area is 155 Å². The molecule has 2 aromatic rings. The van der Waals surface area contributed by atoms with Gasteiger partial charge in [-0.15, -0.1) is 0 Å². The summed E-state index contributed by atoms with van der Waals surface area (Å²) in [5.41, 5.74) is -0.561. The standard InChI is InChI=1S/C15H12F5N3O4S/c1-23-5-10-13(27-6-11(15(18,19)20)22-28(10,25)26)12(23)14(24)21-7-2-3-8(16)9(17)4-7/h2-5,11,22H,6H2,1H3,(H,21,24)/t11-/m0/s1. The second-order valence-electron chi connectivity index (χ2n) is 5.89. The Morgan fingerprint density at radius 1 is 1.29 bits per heavy atom. The molecule has 0 unspecified atom stereocenters. The van der Waals surface area contributed by atoms with E-state index < -0.39 is 62.7 Å². The molecule has 28 heavy (non-hydrogen) atoms. The molecule has 0 spiro atoms. The first-order valence-corrected chi connectivity index (χ1v) is 9.06. The molecular weight excluding hydrogens is 413 g/mol. The van der Waals surface area contributed by atoms with Crippen LogP contribution in [0.1, 0.15) is 10.5 Å². The van der Waals surface area contributed by atoms with Gasteiger partial charge in [0.25, 0.3) is 5.91 Å². The monoisotopic (exact) mass is 425 g/mol. The molecule has 1 aromatic heterocycles. The molecule has 13 heteroatoms. The van der Waals surface area contributed by atoms with Crippen LogP contribution in [0.2, 0.25) is 0 Å². The largest absolute Gasteiger partial charge is 0.488 e. The van der Waals surface area contributed by atoms with Crippen molar-refractivity contribution in [2.24, 2.45) is 7.05 Å². The van der Waals surface area contributed by atoms with Crippen LogP contribution < -0.4 is 14.8 Å². The highest BCUT2D eigenvalue weighted by atomic mass is 32.2. The van der Waals surface area contributed by atoms with Gasteiger partial charge >= 0.3 is 6.18 Å². The predicted molar refractivity (Wildman–Crippen MR) is 85.4 cm³/mol. The van der Waals surface area contributed by atoms with Crippen LogP contribution in [0.15, 0.2) is 29.3 Å². The van der Waals surface area contributed by atoms with Crippen molar-refractivity contribution in [3.05, 3.63) is 41.7 Å². The second-order valence-corrected chi connectivity index (χ2v) is 7.57. The van der Waals surface area contributed by atoms with E-state index in [4.69, 9.17) is 4.74 Å². The molecule has 2 N–H and O–H groups in total. The van der Waals surface area contributed by atoms with Crippen LogP contribution in [0.4, 0.5) is 27.6 Å². The number of rotatable bonds is 2. The number of amides is 1. The quantitative estimate of drug-likeness (QED) is 0.722. The zero-order valence-electron chi connectivity index (χ0n) is 14.0. The minimum Gasteiger partial charge on any atom is -0.488 e. The molecule has 1 aliphatic heterocycles. The highest BCUT2D eigenvalue weighted by Gasteiger charge is 2.46. The van der Waals surface area contributed by atoms with Crippen molar-refractivity contribution in [2.45, 2.75) is 17.1 Å². The summed E-state index contributed by atoms with van der Waals surface area (Å²) in [6, 6.07) is -0.00279. The second kappa shape index (κ2) is 6.74. The maximum absolute atomic E-state index is 13.3. The van der Waals surface area contributed by atoms with Crippen molar-refractivity contribution < 1.29 is 39.9 Å². The van der Waals surface area contributed by atoms with Crippen molar-refractivity contribution >= 4 is 21.6 Å². The molecule has 1 aliphatic rings. The molecule has 1 aromatic carbocycles. The minimum absolute atomic E-state index is 0.151. The number of aromatic nitrogens is 1. The van der Waals surface area contributed by atoms with Crippen LogP contribution in [-0.4, -0.2) is 37.7 Å². The van der Waals surface area contributed by atoms with E-state index in [9.17, 15) is 35.2 Å². The third-order valence-corrected chi connectivity index (χ3v) is 5.34. The number of anilines is 1. The van der Waals surface area contributed by atoms with E-state index in [0.717, 1.165) is 22.9 Å². The van der Waals surface area contributed by atoms with Gasteiger partial charge in [-0.05, 0) is 12.1 Å². The highest BCUT2D eigenvalue weighted by molar-refractivity contribution is 7.89. The normalized spacial score (nSPS) is 18.7. The summed E-state index contributed by atoms with van der Waals surface area (Å²) in [7, 11) is -3.36. The van der Waals surface area contributed by atoms with E-state index in [0.29, 0.717) is 6.07 Å². The third-order valence-electron chi connectivity index (χ3n) is 3.87. The molecule has 152 valence electrons. The van der Waals surface area contributed by atoms with Gasteiger partial charge < -0.3 is 14.6 Å². The molecule has 0 saturated carbocycles. The molecule has 7 nitrogen and oxygen atoms in total. The highest BCUT2D eigenvalue weighted by Crippen LogP contribution is 2.35. The van der Waals surface area contributed by atoms with E-state index in [2.05, 4.69) is 5.32 Å². The minimum atomic E-state index is -4.91. The third kappa shape index (κ3) is 3.67. The number of fused-ring (bicyclic) bond motifs is 1. The van der Waals surface area contributed by atoms with E-state index >= 15 is 0 Å². The first kappa shape index (κ1) is 20.1. The van der Waals surface area contributed by atoms with Crippen LogP contribution in [0, 0.1) is 11.6 Å². The summed E-state index contributed by atoms with van der Waals surface area (Å²) in [6.45, 7) is -1.09. The number of nitrogens with zero attached hydrogens (tertiary/aromatic N) is 1. The number of hydrogen-bond donors (Lipinski definition) is 2. The summed E-state index contributed by atoms with van der Waals surface area (Å²) < 4.78 is 97.1. The van der Waals surface area contributed by atoms with Crippen molar-refractivity contribution in [2.75, 3.05) is 11.9 Å². The van der Waals surface area contributed by atoms with Crippen molar-refractivity contribution in [3.63, 3.8) is 0 Å². The number of nitrogens with one attached hydrogen (secondary N) is 2. The lowest BCUT2D eigenvalue weighted by Gasteiger charge is -2.18. The lowest BCUT2D eigenvalue weighted by molar-refractivity contribution is -0.156. The predicted octanol–water partition coefficient (Wildman–Crippen LogP) is 2.16. The Hall–Kier alpha value is -2.67. The van der Waals surface area contributed by atoms with E-state index in [1.807, 2.05) is 0 Å². The first-order valence-electron chi connectivity index (χ1n) is 7.57. The van der Waals surface area contributed by atoms with Gasteiger partial charge in [-0.25, -0.2) is 17.2 Å². The summed E-state index contributed by atoms with van der Waals surface area (Å²) in [6.07, 6.45) is -4.00. The zero-order valence-corrected chi connectivity index (χ0v) is 14.8. The SMILES string of the molecule is Cn1cc2c(c1C(=O)Nc1ccc(F)c(F)c1)OC[C@@H](C(F)(F)F)NS2(=O)=O. The van der Waals surface area contributed by atoms with Crippen molar-refractivity contribution in [1.82, 2.24) is 9.29 Å². The maximum atomic E-state index is 13.3. The van der Waals surface area contributed by atoms with Gasteiger partial charge in [0.2, 0.25) is 10.0 Å². The molecule has 1 amide bonds. The number of halogens is 5. The van der Waals surface area contributed by atoms with Gasteiger partial charge in [-0.1, -0.05) is 0 Å². The molecule has 0 fully saturated rings. The van der Waals surface area contributed by atoms with Crippen molar-refractivity contribution in [3.8, 4) is 5.75 Å². The maximum Gasteiger partial charge on any atom is 0.408 e. The summed E-state index contributed by atoms with van der Waals surface area (Å²) in [4.78, 5) is 11.8. The Bertz CT molecular complexity index is 1050. The number of carbonyl (C=O) groups is 1. The topological polar surface area (TPSA) is 89.4 Å². The number of ether oxygens (including phenoxy) is 1. The number of aryl methyl sites for hydroxylation is 1. The summed E-state index contributed by atoms with van der Waals surface area (Å²) in [5, 5.41) is 2.21. The molecule has 0 saturated heterocycles. The fourth-order valence-electron chi connectivity index (χ4n) is 2.55. The van der Waals surface area contributed by atoms with Gasteiger partial charge in [0, 0.05) is 25.0 Å². The molecule has 0 aliphatic carbocycles. The molecule has 1 atom stereocenters. The zero-order chi connectivity index (χ0) is 20.9. The molecule has 0 bridgehead atoms. The van der Waals surface area contributed by atoms with E-state index in [1.165, 1.54) is 11.8 Å². The summed E-state index contributed by atoms with van der Waals surface area (Å²) in [5.74, 6) is -3.96. The number of sulfonamides is 1. The Morgan fingerprint density at radius 3 is 2.57 bits per heavy atom. The van der Waals surface area contributed by atoms with Crippen LogP contribution in [0.3, 0.4) is 0 Å². The molecular formula is C15H12F5N3O4S. The van der Waals surface area contributed by atoms with Gasteiger partial charge in [-0.3, -0.25) is 4.79 Å². The van der Waals surface area contributed by atoms with E-state index in [-0.39, 0.29) is 5.69 Å². The summed E-state index contributed by atoms with van der Waals surface area (Å²) >= 11 is 0. The van der Waals surface area contributed by atoms with Crippen molar-refractivity contribution in [1.29, 1.82) is 0 Å². The van der Waals surface area contributed by atoms with Crippen LogP contribution in [0.5, 0.6) is 5.75 Å². The molecule has 0 radical (unpaired) electrons. The number of hydrogen-bond acceptors (Lipinski definition) is 4. The fourth-order valence-corrected chi connectivity index (χ4v) is 3.95. The van der Waals surface area contributed by atoms with Gasteiger partial charge in [-0.2, -0.15) is 17.9 Å². The fraction of sp³-hybridized carbons (Fsp3) is 0.267.